The van der Waals surface area contributed by atoms with Gasteiger partial charge in [-0.05, 0) is 45.6 Å². The number of hydrogen-bond acceptors (Lipinski definition) is 8. The number of carbonyl (C=O) groups is 1. The van der Waals surface area contributed by atoms with Gasteiger partial charge in [0.25, 0.3) is 0 Å². The molecule has 0 atom stereocenters. The van der Waals surface area contributed by atoms with Gasteiger partial charge < -0.3 is 9.64 Å². The van der Waals surface area contributed by atoms with Crippen LogP contribution in [0, 0.1) is 5.92 Å². The van der Waals surface area contributed by atoms with Crippen molar-refractivity contribution in [1.82, 2.24) is 14.8 Å². The zero-order valence-corrected chi connectivity index (χ0v) is 20.8. The molecule has 0 N–H and O–H groups in total. The van der Waals surface area contributed by atoms with Gasteiger partial charge in [0.05, 0.1) is 4.90 Å². The van der Waals surface area contributed by atoms with Crippen molar-refractivity contribution in [1.29, 1.82) is 0 Å². The molecule has 0 aromatic carbocycles. The van der Waals surface area contributed by atoms with E-state index in [4.69, 9.17) is 4.74 Å². The summed E-state index contributed by atoms with van der Waals surface area (Å²) in [4.78, 5) is 20.8. The second-order valence-corrected chi connectivity index (χ2v) is 13.1. The summed E-state index contributed by atoms with van der Waals surface area (Å²) in [6, 6.07) is 1.58. The highest BCUT2D eigenvalue weighted by molar-refractivity contribution is 7.91. The van der Waals surface area contributed by atoms with Crippen LogP contribution in [-0.2, 0) is 24.5 Å². The molecule has 0 bridgehead atoms. The average molecular weight is 488 g/mol. The standard InChI is InChI=1S/C21H33N3O6S2/c1-15(2)23-9-11-24(12-10-23)21(25)16-5-7-17(8-6-16)30-20-19(32(4,28)29)13-18(14-22-20)31(3,26)27/h13-17H,5-12H2,1-4H3/t16-,17-. The summed E-state index contributed by atoms with van der Waals surface area (Å²) >= 11 is 0. The quantitative estimate of drug-likeness (QED) is 0.591. The van der Waals surface area contributed by atoms with E-state index in [9.17, 15) is 21.6 Å². The number of nitrogens with zero attached hydrogens (tertiary/aromatic N) is 3. The molecule has 1 aromatic heterocycles. The third kappa shape index (κ3) is 5.99. The second-order valence-electron chi connectivity index (χ2n) is 9.07. The molecule has 2 heterocycles. The Bertz CT molecular complexity index is 1040. The average Bonchev–Trinajstić information content (AvgIpc) is 2.72. The lowest BCUT2D eigenvalue weighted by molar-refractivity contribution is -0.139. The Morgan fingerprint density at radius 2 is 1.59 bits per heavy atom. The fourth-order valence-corrected chi connectivity index (χ4v) is 5.68. The monoisotopic (exact) mass is 487 g/mol. The summed E-state index contributed by atoms with van der Waals surface area (Å²) in [5, 5.41) is 0. The molecular weight excluding hydrogens is 454 g/mol. The lowest BCUT2D eigenvalue weighted by Gasteiger charge is -2.39. The van der Waals surface area contributed by atoms with Crippen LogP contribution in [0.15, 0.2) is 22.1 Å². The number of amides is 1. The molecular formula is C21H33N3O6S2. The van der Waals surface area contributed by atoms with Crippen LogP contribution in [0.2, 0.25) is 0 Å². The van der Waals surface area contributed by atoms with E-state index in [0.717, 1.165) is 51.0 Å². The summed E-state index contributed by atoms with van der Waals surface area (Å²) in [6.45, 7) is 7.62. The minimum Gasteiger partial charge on any atom is -0.473 e. The van der Waals surface area contributed by atoms with Crippen LogP contribution in [-0.4, -0.2) is 88.4 Å². The predicted molar refractivity (Wildman–Crippen MR) is 120 cm³/mol. The Labute approximate surface area is 191 Å². The Morgan fingerprint density at radius 1 is 1.00 bits per heavy atom. The molecule has 1 saturated carbocycles. The third-order valence-electron chi connectivity index (χ3n) is 6.28. The van der Waals surface area contributed by atoms with Gasteiger partial charge in [0.1, 0.15) is 11.0 Å². The highest BCUT2D eigenvalue weighted by atomic mass is 32.2. The van der Waals surface area contributed by atoms with Crippen LogP contribution in [0.25, 0.3) is 0 Å². The molecule has 1 amide bonds. The predicted octanol–water partition coefficient (Wildman–Crippen LogP) is 1.38. The van der Waals surface area contributed by atoms with Gasteiger partial charge in [-0.2, -0.15) is 0 Å². The Kier molecular flexibility index (Phi) is 7.51. The number of aromatic nitrogens is 1. The lowest BCUT2D eigenvalue weighted by Crippen LogP contribution is -2.52. The van der Waals surface area contributed by atoms with Crippen molar-refractivity contribution in [3.05, 3.63) is 12.3 Å². The highest BCUT2D eigenvalue weighted by Crippen LogP contribution is 2.32. The van der Waals surface area contributed by atoms with Crippen molar-refractivity contribution in [3.63, 3.8) is 0 Å². The Balaban J connectivity index is 1.61. The normalized spacial score (nSPS) is 23.3. The fraction of sp³-hybridized carbons (Fsp3) is 0.714. The van der Waals surface area contributed by atoms with E-state index in [1.54, 1.807) is 0 Å². The van der Waals surface area contributed by atoms with Gasteiger partial charge in [-0.15, -0.1) is 0 Å². The van der Waals surface area contributed by atoms with Crippen LogP contribution < -0.4 is 4.74 Å². The minimum absolute atomic E-state index is 0.0459. The molecule has 1 aromatic rings. The molecule has 9 nitrogen and oxygen atoms in total. The lowest BCUT2D eigenvalue weighted by atomic mass is 9.86. The van der Waals surface area contributed by atoms with Gasteiger partial charge in [0.2, 0.25) is 11.8 Å². The van der Waals surface area contributed by atoms with Crippen molar-refractivity contribution in [2.75, 3.05) is 38.7 Å². The van der Waals surface area contributed by atoms with Crippen molar-refractivity contribution < 1.29 is 26.4 Å². The van der Waals surface area contributed by atoms with Crippen LogP contribution in [0.4, 0.5) is 0 Å². The molecule has 2 fully saturated rings. The molecule has 1 aliphatic heterocycles. The van der Waals surface area contributed by atoms with E-state index in [2.05, 4.69) is 23.7 Å². The zero-order chi connectivity index (χ0) is 23.7. The number of sulfone groups is 2. The summed E-state index contributed by atoms with van der Waals surface area (Å²) in [7, 11) is -7.33. The summed E-state index contributed by atoms with van der Waals surface area (Å²) in [5.74, 6) is 0.0641. The van der Waals surface area contributed by atoms with E-state index in [-0.39, 0.29) is 33.6 Å². The first kappa shape index (κ1) is 24.9. The first-order valence-electron chi connectivity index (χ1n) is 11.0. The van der Waals surface area contributed by atoms with Gasteiger partial charge >= 0.3 is 0 Å². The maximum Gasteiger partial charge on any atom is 0.232 e. The molecule has 1 aliphatic carbocycles. The largest absolute Gasteiger partial charge is 0.473 e. The number of pyridine rings is 1. The Hall–Kier alpha value is -1.72. The van der Waals surface area contributed by atoms with E-state index >= 15 is 0 Å². The van der Waals surface area contributed by atoms with Crippen molar-refractivity contribution in [2.24, 2.45) is 5.92 Å². The number of hydrogen-bond donors (Lipinski definition) is 0. The molecule has 11 heteroatoms. The highest BCUT2D eigenvalue weighted by Gasteiger charge is 2.33. The van der Waals surface area contributed by atoms with Gasteiger partial charge in [-0.1, -0.05) is 0 Å². The SMILES string of the molecule is CC(C)N1CCN(C(=O)[C@H]2CC[C@H](Oc3ncc(S(C)(=O)=O)cc3S(C)(=O)=O)CC2)CC1. The Morgan fingerprint density at radius 3 is 2.09 bits per heavy atom. The maximum atomic E-state index is 12.9. The number of ether oxygens (including phenoxy) is 1. The first-order valence-corrected chi connectivity index (χ1v) is 14.7. The van der Waals surface area contributed by atoms with Crippen LogP contribution >= 0.6 is 0 Å². The molecule has 180 valence electrons. The molecule has 3 rings (SSSR count). The van der Waals surface area contributed by atoms with Crippen LogP contribution in [0.5, 0.6) is 5.88 Å². The molecule has 0 unspecified atom stereocenters. The second kappa shape index (κ2) is 9.64. The van der Waals surface area contributed by atoms with Crippen molar-refractivity contribution in [2.45, 2.75) is 61.5 Å². The molecule has 2 aliphatic rings. The number of rotatable bonds is 6. The van der Waals surface area contributed by atoms with E-state index in [1.807, 2.05) is 4.90 Å². The summed E-state index contributed by atoms with van der Waals surface area (Å²) in [6.07, 6.45) is 5.41. The van der Waals surface area contributed by atoms with Gasteiger partial charge in [-0.3, -0.25) is 9.69 Å². The van der Waals surface area contributed by atoms with Crippen molar-refractivity contribution >= 4 is 25.6 Å². The van der Waals surface area contributed by atoms with Crippen LogP contribution in [0.3, 0.4) is 0 Å². The molecule has 0 radical (unpaired) electrons. The van der Waals surface area contributed by atoms with Gasteiger partial charge in [0, 0.05) is 56.8 Å². The fourth-order valence-electron chi connectivity index (χ4n) is 4.27. The molecule has 1 saturated heterocycles. The van der Waals surface area contributed by atoms with E-state index in [0.29, 0.717) is 31.7 Å². The van der Waals surface area contributed by atoms with Gasteiger partial charge in [-0.25, -0.2) is 21.8 Å². The van der Waals surface area contributed by atoms with Crippen molar-refractivity contribution in [3.8, 4) is 5.88 Å². The van der Waals surface area contributed by atoms with E-state index < -0.39 is 19.7 Å². The molecule has 32 heavy (non-hydrogen) atoms. The van der Waals surface area contributed by atoms with Gasteiger partial charge in [0.15, 0.2) is 19.7 Å². The van der Waals surface area contributed by atoms with Crippen LogP contribution in [0.1, 0.15) is 39.5 Å². The smallest absolute Gasteiger partial charge is 0.232 e. The maximum absolute atomic E-state index is 12.9. The number of piperazine rings is 1. The number of carbonyl (C=O) groups excluding carboxylic acids is 1. The van der Waals surface area contributed by atoms with E-state index in [1.165, 1.54) is 0 Å². The zero-order valence-electron chi connectivity index (χ0n) is 19.2. The molecule has 0 spiro atoms. The summed E-state index contributed by atoms with van der Waals surface area (Å²) in [5.41, 5.74) is 0. The minimum atomic E-state index is -3.73. The topological polar surface area (TPSA) is 114 Å². The third-order valence-corrected chi connectivity index (χ3v) is 8.45. The first-order chi connectivity index (χ1) is 14.9. The summed E-state index contributed by atoms with van der Waals surface area (Å²) < 4.78 is 53.8.